The summed E-state index contributed by atoms with van der Waals surface area (Å²) >= 11 is 0. The van der Waals surface area contributed by atoms with Gasteiger partial charge in [-0.1, -0.05) is 13.8 Å². The summed E-state index contributed by atoms with van der Waals surface area (Å²) in [5.74, 6) is 0.173. The number of nitriles is 1. The zero-order chi connectivity index (χ0) is 11.1. The smallest absolute Gasteiger partial charge is 0.409 e. The van der Waals surface area contributed by atoms with Crippen molar-refractivity contribution < 1.29 is 9.53 Å². The Balaban J connectivity index is 3.83. The zero-order valence-corrected chi connectivity index (χ0v) is 9.28. The van der Waals surface area contributed by atoms with Crippen LogP contribution >= 0.6 is 0 Å². The number of carbonyl (C=O) groups is 1. The van der Waals surface area contributed by atoms with Crippen LogP contribution < -0.4 is 0 Å². The Bertz CT molecular complexity index is 221. The van der Waals surface area contributed by atoms with E-state index in [-0.39, 0.29) is 12.0 Å². The van der Waals surface area contributed by atoms with Crippen molar-refractivity contribution in [3.63, 3.8) is 0 Å². The van der Waals surface area contributed by atoms with Crippen molar-refractivity contribution in [2.75, 3.05) is 20.2 Å². The fraction of sp³-hybridized carbons (Fsp3) is 0.800. The number of ether oxygens (including phenoxy) is 1. The fourth-order valence-electron chi connectivity index (χ4n) is 0.874. The molecule has 0 fully saturated rings. The van der Waals surface area contributed by atoms with Gasteiger partial charge in [0.1, 0.15) is 0 Å². The summed E-state index contributed by atoms with van der Waals surface area (Å²) in [4.78, 5) is 12.7. The van der Waals surface area contributed by atoms with Gasteiger partial charge in [0.15, 0.2) is 0 Å². The van der Waals surface area contributed by atoms with Crippen molar-refractivity contribution in [2.45, 2.75) is 20.8 Å². The Hall–Kier alpha value is -1.24. The second kappa shape index (κ2) is 6.25. The molecule has 0 N–H and O–H groups in total. The molecule has 0 aromatic carbocycles. The molecule has 4 nitrogen and oxygen atoms in total. The lowest BCUT2D eigenvalue weighted by Gasteiger charge is -2.18. The first-order chi connectivity index (χ1) is 6.47. The quantitative estimate of drug-likeness (QED) is 0.693. The number of hydrogen-bond acceptors (Lipinski definition) is 3. The lowest BCUT2D eigenvalue weighted by Crippen LogP contribution is -2.32. The lowest BCUT2D eigenvalue weighted by atomic mass is 10.2. The molecule has 0 rings (SSSR count). The highest BCUT2D eigenvalue weighted by atomic mass is 16.6. The van der Waals surface area contributed by atoms with E-state index in [1.165, 1.54) is 4.90 Å². The topological polar surface area (TPSA) is 53.3 Å². The van der Waals surface area contributed by atoms with Gasteiger partial charge in [0.25, 0.3) is 0 Å². The van der Waals surface area contributed by atoms with E-state index in [1.54, 1.807) is 14.0 Å². The summed E-state index contributed by atoms with van der Waals surface area (Å²) in [6.07, 6.45) is -0.360. The number of carbonyl (C=O) groups excluding carboxylic acids is 1. The van der Waals surface area contributed by atoms with E-state index in [9.17, 15) is 4.79 Å². The Morgan fingerprint density at radius 2 is 2.07 bits per heavy atom. The van der Waals surface area contributed by atoms with Gasteiger partial charge in [0, 0.05) is 13.6 Å². The summed E-state index contributed by atoms with van der Waals surface area (Å²) in [6, 6.07) is 2.07. The predicted octanol–water partition coefficient (Wildman–Crippen LogP) is 1.87. The Morgan fingerprint density at radius 3 is 2.50 bits per heavy atom. The van der Waals surface area contributed by atoms with Gasteiger partial charge in [-0.2, -0.15) is 5.26 Å². The highest BCUT2D eigenvalue weighted by Gasteiger charge is 2.13. The van der Waals surface area contributed by atoms with E-state index in [0.717, 1.165) is 0 Å². The van der Waals surface area contributed by atoms with Gasteiger partial charge in [0.05, 0.1) is 18.6 Å². The van der Waals surface area contributed by atoms with Gasteiger partial charge in [-0.25, -0.2) is 4.79 Å². The maximum absolute atomic E-state index is 11.3. The Kier molecular flexibility index (Phi) is 5.70. The minimum Gasteiger partial charge on any atom is -0.449 e. The van der Waals surface area contributed by atoms with Gasteiger partial charge >= 0.3 is 6.09 Å². The first-order valence-corrected chi connectivity index (χ1v) is 4.74. The largest absolute Gasteiger partial charge is 0.449 e. The Labute approximate surface area is 85.5 Å². The molecule has 1 atom stereocenters. The monoisotopic (exact) mass is 198 g/mol. The van der Waals surface area contributed by atoms with Crippen LogP contribution in [-0.2, 0) is 4.74 Å². The SMILES string of the molecule is CC(C)COC(=O)N(C)CC(C)C#N. The molecule has 0 spiro atoms. The fourth-order valence-corrected chi connectivity index (χ4v) is 0.874. The van der Waals surface area contributed by atoms with Crippen molar-refractivity contribution in [2.24, 2.45) is 11.8 Å². The second-order valence-electron chi connectivity index (χ2n) is 3.88. The maximum Gasteiger partial charge on any atom is 0.409 e. The summed E-state index contributed by atoms with van der Waals surface area (Å²) in [6.45, 7) is 6.56. The van der Waals surface area contributed by atoms with Crippen molar-refractivity contribution >= 4 is 6.09 Å². The molecular weight excluding hydrogens is 180 g/mol. The molecule has 0 aromatic rings. The summed E-state index contributed by atoms with van der Waals surface area (Å²) < 4.78 is 4.99. The summed E-state index contributed by atoms with van der Waals surface area (Å²) in [5.41, 5.74) is 0. The second-order valence-corrected chi connectivity index (χ2v) is 3.88. The minimum absolute atomic E-state index is 0.161. The van der Waals surface area contributed by atoms with Crippen LogP contribution in [0.3, 0.4) is 0 Å². The summed E-state index contributed by atoms with van der Waals surface area (Å²) in [7, 11) is 1.64. The zero-order valence-electron chi connectivity index (χ0n) is 9.28. The number of nitrogens with zero attached hydrogens (tertiary/aromatic N) is 2. The standard InChI is InChI=1S/C10H18N2O2/c1-8(2)7-14-10(13)12(4)6-9(3)5-11/h8-9H,6-7H2,1-4H3. The van der Waals surface area contributed by atoms with Gasteiger partial charge in [0.2, 0.25) is 0 Å². The number of hydrogen-bond donors (Lipinski definition) is 0. The molecule has 1 amide bonds. The van der Waals surface area contributed by atoms with E-state index in [0.29, 0.717) is 19.1 Å². The third kappa shape index (κ3) is 5.41. The van der Waals surface area contributed by atoms with Gasteiger partial charge in [-0.05, 0) is 12.8 Å². The molecule has 0 aliphatic rings. The number of rotatable bonds is 4. The van der Waals surface area contributed by atoms with Crippen LogP contribution in [-0.4, -0.2) is 31.2 Å². The maximum atomic E-state index is 11.3. The van der Waals surface area contributed by atoms with E-state index < -0.39 is 0 Å². The molecule has 0 heterocycles. The van der Waals surface area contributed by atoms with Crippen LogP contribution in [0.2, 0.25) is 0 Å². The predicted molar refractivity (Wildman–Crippen MR) is 53.6 cm³/mol. The van der Waals surface area contributed by atoms with Crippen LogP contribution in [0, 0.1) is 23.2 Å². The molecule has 14 heavy (non-hydrogen) atoms. The third-order valence-corrected chi connectivity index (χ3v) is 1.62. The minimum atomic E-state index is -0.360. The highest BCUT2D eigenvalue weighted by molar-refractivity contribution is 5.67. The molecular formula is C10H18N2O2. The normalized spacial score (nSPS) is 12.0. The van der Waals surface area contributed by atoms with Crippen LogP contribution in [0.4, 0.5) is 4.79 Å². The molecule has 1 unspecified atom stereocenters. The lowest BCUT2D eigenvalue weighted by molar-refractivity contribution is 0.0979. The van der Waals surface area contributed by atoms with Crippen LogP contribution in [0.5, 0.6) is 0 Å². The molecule has 0 aliphatic carbocycles. The molecule has 0 aromatic heterocycles. The van der Waals surface area contributed by atoms with Gasteiger partial charge < -0.3 is 9.64 Å². The highest BCUT2D eigenvalue weighted by Crippen LogP contribution is 2.00. The molecule has 0 bridgehead atoms. The van der Waals surface area contributed by atoms with Crippen molar-refractivity contribution in [1.82, 2.24) is 4.90 Å². The van der Waals surface area contributed by atoms with Gasteiger partial charge in [-0.15, -0.1) is 0 Å². The molecule has 0 radical (unpaired) electrons. The first kappa shape index (κ1) is 12.8. The molecule has 0 saturated heterocycles. The number of amides is 1. The molecule has 0 aliphatic heterocycles. The third-order valence-electron chi connectivity index (χ3n) is 1.62. The van der Waals surface area contributed by atoms with E-state index in [4.69, 9.17) is 10.00 Å². The Morgan fingerprint density at radius 1 is 1.50 bits per heavy atom. The van der Waals surface area contributed by atoms with Crippen LogP contribution in [0.1, 0.15) is 20.8 Å². The van der Waals surface area contributed by atoms with Crippen molar-refractivity contribution in [1.29, 1.82) is 5.26 Å². The van der Waals surface area contributed by atoms with Gasteiger partial charge in [-0.3, -0.25) is 0 Å². The molecule has 0 saturated carbocycles. The van der Waals surface area contributed by atoms with E-state index >= 15 is 0 Å². The average Bonchev–Trinajstić information content (AvgIpc) is 2.13. The van der Waals surface area contributed by atoms with Crippen molar-refractivity contribution in [3.05, 3.63) is 0 Å². The van der Waals surface area contributed by atoms with E-state index in [1.807, 2.05) is 13.8 Å². The molecule has 4 heteroatoms. The molecule has 80 valence electrons. The average molecular weight is 198 g/mol. The van der Waals surface area contributed by atoms with E-state index in [2.05, 4.69) is 6.07 Å². The van der Waals surface area contributed by atoms with Crippen LogP contribution in [0.25, 0.3) is 0 Å². The first-order valence-electron chi connectivity index (χ1n) is 4.74. The summed E-state index contributed by atoms with van der Waals surface area (Å²) in [5, 5.41) is 8.55. The van der Waals surface area contributed by atoms with Crippen LogP contribution in [0.15, 0.2) is 0 Å². The van der Waals surface area contributed by atoms with Crippen molar-refractivity contribution in [3.8, 4) is 6.07 Å².